The lowest BCUT2D eigenvalue weighted by molar-refractivity contribution is -0.132. The molecular weight excluding hydrogens is 416 g/mol. The van der Waals surface area contributed by atoms with Crippen LogP contribution in [0.1, 0.15) is 58.1 Å². The average Bonchev–Trinajstić information content (AvgIpc) is 3.14. The Bertz CT molecular complexity index is 1080. The smallest absolute Gasteiger partial charge is 0.260 e. The molecule has 7 nitrogen and oxygen atoms in total. The number of unbranched alkanes of at least 4 members (excludes halogenated alkanes) is 2. The van der Waals surface area contributed by atoms with E-state index >= 15 is 0 Å². The zero-order valence-corrected chi connectivity index (χ0v) is 19.1. The topological polar surface area (TPSA) is 64.2 Å². The molecule has 3 amide bonds. The molecule has 2 aromatic rings. The highest BCUT2D eigenvalue weighted by Gasteiger charge is 2.47. The summed E-state index contributed by atoms with van der Waals surface area (Å²) >= 11 is 0. The van der Waals surface area contributed by atoms with Crippen molar-refractivity contribution in [2.45, 2.75) is 31.8 Å². The molecule has 1 fully saturated rings. The minimum absolute atomic E-state index is 0.0372. The number of piperazine rings is 1. The van der Waals surface area contributed by atoms with Crippen molar-refractivity contribution in [3.05, 3.63) is 65.2 Å². The van der Waals surface area contributed by atoms with Crippen molar-refractivity contribution >= 4 is 23.4 Å². The van der Waals surface area contributed by atoms with Gasteiger partial charge in [-0.05, 0) is 38.1 Å². The quantitative estimate of drug-likeness (QED) is 0.640. The van der Waals surface area contributed by atoms with Gasteiger partial charge in [-0.3, -0.25) is 19.3 Å². The molecule has 1 saturated heterocycles. The van der Waals surface area contributed by atoms with Crippen LogP contribution < -0.4 is 4.90 Å². The Labute approximate surface area is 194 Å². The molecule has 7 heteroatoms. The Morgan fingerprint density at radius 2 is 1.55 bits per heavy atom. The molecular formula is C26H30N4O3. The Morgan fingerprint density at radius 1 is 0.848 bits per heavy atom. The second-order valence-electron chi connectivity index (χ2n) is 9.15. The zero-order valence-electron chi connectivity index (χ0n) is 19.1. The summed E-state index contributed by atoms with van der Waals surface area (Å²) in [4.78, 5) is 46.9. The fourth-order valence-corrected chi connectivity index (χ4v) is 5.15. The van der Waals surface area contributed by atoms with Crippen molar-refractivity contribution in [2.24, 2.45) is 0 Å². The van der Waals surface area contributed by atoms with E-state index < -0.39 is 6.17 Å². The number of carbonyl (C=O) groups excluding carboxylic acids is 3. The Kier molecular flexibility index (Phi) is 5.89. The second kappa shape index (κ2) is 8.98. The third-order valence-corrected chi connectivity index (χ3v) is 7.03. The highest BCUT2D eigenvalue weighted by molar-refractivity contribution is 6.16. The fraction of sp³-hybridized carbons (Fsp3) is 0.423. The maximum atomic E-state index is 13.4. The van der Waals surface area contributed by atoms with Gasteiger partial charge in [-0.25, -0.2) is 0 Å². The van der Waals surface area contributed by atoms with Crippen LogP contribution in [0.3, 0.4) is 0 Å². The Morgan fingerprint density at radius 3 is 2.33 bits per heavy atom. The number of rotatable bonds is 6. The van der Waals surface area contributed by atoms with Crippen LogP contribution in [0, 0.1) is 0 Å². The van der Waals surface area contributed by atoms with Gasteiger partial charge in [0.25, 0.3) is 11.8 Å². The van der Waals surface area contributed by atoms with Gasteiger partial charge in [0.15, 0.2) is 0 Å². The summed E-state index contributed by atoms with van der Waals surface area (Å²) in [6, 6.07) is 14.9. The van der Waals surface area contributed by atoms with Crippen molar-refractivity contribution in [2.75, 3.05) is 44.7 Å². The van der Waals surface area contributed by atoms with E-state index in [9.17, 15) is 14.4 Å². The number of para-hydroxylation sites is 1. The molecule has 5 rings (SSSR count). The van der Waals surface area contributed by atoms with E-state index in [1.165, 1.54) is 0 Å². The van der Waals surface area contributed by atoms with E-state index in [1.807, 2.05) is 52.3 Å². The molecule has 0 spiro atoms. The lowest BCUT2D eigenvalue weighted by atomic mass is 10.0. The van der Waals surface area contributed by atoms with E-state index in [0.29, 0.717) is 29.8 Å². The molecule has 2 aromatic carbocycles. The summed E-state index contributed by atoms with van der Waals surface area (Å²) in [5.74, 6) is 0.135. The molecule has 3 aliphatic rings. The summed E-state index contributed by atoms with van der Waals surface area (Å²) < 4.78 is 0. The number of fused-ring (bicyclic) bond motifs is 5. The van der Waals surface area contributed by atoms with Crippen LogP contribution in [0.2, 0.25) is 0 Å². The number of anilines is 1. The number of amides is 3. The molecule has 0 radical (unpaired) electrons. The van der Waals surface area contributed by atoms with Crippen LogP contribution in [0.4, 0.5) is 5.69 Å². The molecule has 0 N–H and O–H groups in total. The third-order valence-electron chi connectivity index (χ3n) is 7.03. The molecule has 172 valence electrons. The first kappa shape index (κ1) is 21.6. The van der Waals surface area contributed by atoms with Crippen LogP contribution >= 0.6 is 0 Å². The summed E-state index contributed by atoms with van der Waals surface area (Å²) in [6.45, 7) is 4.04. The van der Waals surface area contributed by atoms with Crippen LogP contribution in [-0.4, -0.2) is 72.2 Å². The Hall–Kier alpha value is -3.19. The first-order valence-electron chi connectivity index (χ1n) is 11.8. The van der Waals surface area contributed by atoms with Gasteiger partial charge in [-0.2, -0.15) is 0 Å². The van der Waals surface area contributed by atoms with E-state index in [0.717, 1.165) is 51.0 Å². The lowest BCUT2D eigenvalue weighted by Gasteiger charge is -2.41. The summed E-state index contributed by atoms with van der Waals surface area (Å²) in [5, 5.41) is 0. The van der Waals surface area contributed by atoms with E-state index in [-0.39, 0.29) is 17.7 Å². The normalized spacial score (nSPS) is 20.0. The highest BCUT2D eigenvalue weighted by atomic mass is 16.2. The SMILES string of the molecule is CN1CCN(C(=O)CCCCCN2C(=O)c3ccccc3N3C(=O)c4ccccc4[C@@H]23)CC1. The molecule has 3 aliphatic heterocycles. The van der Waals surface area contributed by atoms with Crippen LogP contribution in [-0.2, 0) is 4.79 Å². The zero-order chi connectivity index (χ0) is 22.9. The van der Waals surface area contributed by atoms with Gasteiger partial charge in [-0.1, -0.05) is 36.8 Å². The number of likely N-dealkylation sites (N-methyl/N-ethyl adjacent to an activating group) is 1. The number of hydrogen-bond acceptors (Lipinski definition) is 4. The second-order valence-corrected chi connectivity index (χ2v) is 9.15. The Balaban J connectivity index is 1.25. The predicted molar refractivity (Wildman–Crippen MR) is 126 cm³/mol. The van der Waals surface area contributed by atoms with Gasteiger partial charge < -0.3 is 14.7 Å². The maximum absolute atomic E-state index is 13.4. The number of benzene rings is 2. The van der Waals surface area contributed by atoms with Crippen molar-refractivity contribution in [1.82, 2.24) is 14.7 Å². The molecule has 33 heavy (non-hydrogen) atoms. The summed E-state index contributed by atoms with van der Waals surface area (Å²) in [5.41, 5.74) is 2.80. The molecule has 0 aliphatic carbocycles. The van der Waals surface area contributed by atoms with Crippen molar-refractivity contribution in [1.29, 1.82) is 0 Å². The molecule has 3 heterocycles. The van der Waals surface area contributed by atoms with Crippen LogP contribution in [0.25, 0.3) is 0 Å². The predicted octanol–water partition coefficient (Wildman–Crippen LogP) is 3.14. The largest absolute Gasteiger partial charge is 0.340 e. The van der Waals surface area contributed by atoms with Gasteiger partial charge in [-0.15, -0.1) is 0 Å². The fourth-order valence-electron chi connectivity index (χ4n) is 5.15. The number of hydrogen-bond donors (Lipinski definition) is 0. The van der Waals surface area contributed by atoms with Gasteiger partial charge in [0.05, 0.1) is 11.3 Å². The van der Waals surface area contributed by atoms with Crippen molar-refractivity contribution in [3.63, 3.8) is 0 Å². The standard InChI is InChI=1S/C26H30N4O3/c1-27-15-17-28(18-16-27)23(31)13-3-2-8-14-29-24-19-9-4-5-10-20(19)26(33)30(24)22-12-7-6-11-21(22)25(29)32/h4-7,9-12,24H,2-3,8,13-18H2,1H3/t24-/m0/s1. The molecule has 0 saturated carbocycles. The number of carbonyl (C=O) groups is 3. The van der Waals surface area contributed by atoms with E-state index in [1.54, 1.807) is 11.0 Å². The van der Waals surface area contributed by atoms with Gasteiger partial charge >= 0.3 is 0 Å². The maximum Gasteiger partial charge on any atom is 0.260 e. The highest BCUT2D eigenvalue weighted by Crippen LogP contribution is 2.45. The van der Waals surface area contributed by atoms with Crippen molar-refractivity contribution in [3.8, 4) is 0 Å². The summed E-state index contributed by atoms with van der Waals surface area (Å²) in [7, 11) is 2.08. The minimum Gasteiger partial charge on any atom is -0.340 e. The van der Waals surface area contributed by atoms with Gasteiger partial charge in [0.1, 0.15) is 6.17 Å². The van der Waals surface area contributed by atoms with Crippen molar-refractivity contribution < 1.29 is 14.4 Å². The van der Waals surface area contributed by atoms with E-state index in [4.69, 9.17) is 0 Å². The van der Waals surface area contributed by atoms with Gasteiger partial charge in [0, 0.05) is 50.3 Å². The first-order valence-corrected chi connectivity index (χ1v) is 11.8. The minimum atomic E-state index is -0.400. The van der Waals surface area contributed by atoms with Crippen LogP contribution in [0.15, 0.2) is 48.5 Å². The molecule has 0 unspecified atom stereocenters. The molecule has 0 aromatic heterocycles. The molecule has 1 atom stereocenters. The third kappa shape index (κ3) is 3.91. The average molecular weight is 447 g/mol. The summed E-state index contributed by atoms with van der Waals surface area (Å²) in [6.07, 6.45) is 2.63. The van der Waals surface area contributed by atoms with Crippen LogP contribution in [0.5, 0.6) is 0 Å². The lowest BCUT2D eigenvalue weighted by Crippen LogP contribution is -2.48. The van der Waals surface area contributed by atoms with Gasteiger partial charge in [0.2, 0.25) is 5.91 Å². The first-order chi connectivity index (χ1) is 16.1. The molecule has 0 bridgehead atoms. The monoisotopic (exact) mass is 446 g/mol. The van der Waals surface area contributed by atoms with E-state index in [2.05, 4.69) is 11.9 Å². The number of nitrogens with zero attached hydrogens (tertiary/aromatic N) is 4.